The highest BCUT2D eigenvalue weighted by molar-refractivity contribution is 9.10. The summed E-state index contributed by atoms with van der Waals surface area (Å²) in [5, 5.41) is 12.6. The van der Waals surface area contributed by atoms with Crippen molar-refractivity contribution in [3.05, 3.63) is 70.7 Å². The highest BCUT2D eigenvalue weighted by Crippen LogP contribution is 2.25. The van der Waals surface area contributed by atoms with Crippen molar-refractivity contribution < 1.29 is 4.79 Å². The molecule has 0 aliphatic carbocycles. The molecule has 27 heavy (non-hydrogen) atoms. The van der Waals surface area contributed by atoms with E-state index in [9.17, 15) is 4.79 Å². The molecular weight excluding hydrogens is 448 g/mol. The first-order chi connectivity index (χ1) is 13.1. The van der Waals surface area contributed by atoms with Gasteiger partial charge in [0.1, 0.15) is 0 Å². The maximum atomic E-state index is 12.2. The van der Waals surface area contributed by atoms with Crippen LogP contribution in [0.3, 0.4) is 0 Å². The second-order valence-electron chi connectivity index (χ2n) is 5.56. The van der Waals surface area contributed by atoms with Crippen LogP contribution in [0.15, 0.2) is 70.8 Å². The molecule has 1 N–H and O–H groups in total. The van der Waals surface area contributed by atoms with E-state index in [0.717, 1.165) is 15.9 Å². The maximum absolute atomic E-state index is 12.2. The van der Waals surface area contributed by atoms with E-state index in [0.29, 0.717) is 22.4 Å². The molecule has 0 bridgehead atoms. The van der Waals surface area contributed by atoms with Gasteiger partial charge in [0.05, 0.1) is 5.75 Å². The van der Waals surface area contributed by atoms with Crippen LogP contribution in [0.25, 0.3) is 11.4 Å². The normalized spacial score (nSPS) is 10.6. The van der Waals surface area contributed by atoms with Crippen LogP contribution in [0.5, 0.6) is 0 Å². The highest BCUT2D eigenvalue weighted by atomic mass is 79.9. The Hall–Kier alpha value is -2.09. The van der Waals surface area contributed by atoms with Gasteiger partial charge in [-0.3, -0.25) is 9.36 Å². The van der Waals surface area contributed by atoms with Gasteiger partial charge in [-0.2, -0.15) is 0 Å². The monoisotopic (exact) mass is 462 g/mol. The van der Waals surface area contributed by atoms with E-state index in [2.05, 4.69) is 38.0 Å². The minimum atomic E-state index is -0.138. The van der Waals surface area contributed by atoms with Crippen LogP contribution in [0.4, 0.5) is 5.69 Å². The summed E-state index contributed by atoms with van der Waals surface area (Å²) in [7, 11) is 0. The van der Waals surface area contributed by atoms with Crippen LogP contribution in [-0.2, 0) is 11.3 Å². The Kier molecular flexibility index (Phi) is 6.71. The number of amides is 1. The zero-order valence-electron chi connectivity index (χ0n) is 14.2. The van der Waals surface area contributed by atoms with Crippen LogP contribution in [0, 0.1) is 0 Å². The summed E-state index contributed by atoms with van der Waals surface area (Å²) < 4.78 is 2.93. The zero-order chi connectivity index (χ0) is 19.2. The summed E-state index contributed by atoms with van der Waals surface area (Å²) in [6.45, 7) is 4.35. The molecule has 0 spiro atoms. The maximum Gasteiger partial charge on any atom is 0.234 e. The molecule has 3 aromatic rings. The second kappa shape index (κ2) is 9.21. The molecule has 1 aromatic heterocycles. The first-order valence-electron chi connectivity index (χ1n) is 8.05. The number of rotatable bonds is 7. The summed E-state index contributed by atoms with van der Waals surface area (Å²) in [4.78, 5) is 12.2. The van der Waals surface area contributed by atoms with Crippen LogP contribution < -0.4 is 5.32 Å². The fourth-order valence-electron chi connectivity index (χ4n) is 2.40. The predicted molar refractivity (Wildman–Crippen MR) is 114 cm³/mol. The van der Waals surface area contributed by atoms with Crippen molar-refractivity contribution in [2.45, 2.75) is 11.7 Å². The van der Waals surface area contributed by atoms with Crippen molar-refractivity contribution in [3.8, 4) is 11.4 Å². The Bertz CT molecular complexity index is 959. The molecule has 1 amide bonds. The lowest BCUT2D eigenvalue weighted by atomic mass is 10.2. The van der Waals surface area contributed by atoms with E-state index in [4.69, 9.17) is 11.6 Å². The van der Waals surface area contributed by atoms with Crippen molar-refractivity contribution in [3.63, 3.8) is 0 Å². The molecule has 2 aromatic carbocycles. The number of carbonyl (C=O) groups excluding carboxylic acids is 1. The van der Waals surface area contributed by atoms with Crippen molar-refractivity contribution in [1.82, 2.24) is 14.8 Å². The molecule has 3 rings (SSSR count). The average molecular weight is 464 g/mol. The molecule has 8 heteroatoms. The fraction of sp³-hybridized carbons (Fsp3) is 0.105. The quantitative estimate of drug-likeness (QED) is 0.383. The number of nitrogens with zero attached hydrogens (tertiary/aromatic N) is 3. The molecule has 0 aliphatic rings. The summed E-state index contributed by atoms with van der Waals surface area (Å²) in [5.74, 6) is 0.808. The molecular formula is C19H16BrClN4OS. The molecule has 0 radical (unpaired) electrons. The Morgan fingerprint density at radius 2 is 2.04 bits per heavy atom. The minimum Gasteiger partial charge on any atom is -0.325 e. The van der Waals surface area contributed by atoms with E-state index < -0.39 is 0 Å². The van der Waals surface area contributed by atoms with Gasteiger partial charge in [-0.25, -0.2) is 0 Å². The van der Waals surface area contributed by atoms with E-state index in [1.54, 1.807) is 30.3 Å². The number of nitrogens with one attached hydrogen (secondary N) is 1. The van der Waals surface area contributed by atoms with Crippen LogP contribution in [0.1, 0.15) is 0 Å². The molecule has 0 saturated carbocycles. The molecule has 5 nitrogen and oxygen atoms in total. The van der Waals surface area contributed by atoms with Gasteiger partial charge in [0.15, 0.2) is 11.0 Å². The first-order valence-corrected chi connectivity index (χ1v) is 10.2. The van der Waals surface area contributed by atoms with E-state index in [-0.39, 0.29) is 11.7 Å². The number of hydrogen-bond donors (Lipinski definition) is 1. The first kappa shape index (κ1) is 19.7. The largest absolute Gasteiger partial charge is 0.325 e. The summed E-state index contributed by atoms with van der Waals surface area (Å²) in [6.07, 6.45) is 1.78. The highest BCUT2D eigenvalue weighted by Gasteiger charge is 2.15. The van der Waals surface area contributed by atoms with Crippen molar-refractivity contribution in [2.75, 3.05) is 11.1 Å². The fourth-order valence-corrected chi connectivity index (χ4v) is 3.60. The molecule has 0 unspecified atom stereocenters. The van der Waals surface area contributed by atoms with Gasteiger partial charge >= 0.3 is 0 Å². The minimum absolute atomic E-state index is 0.138. The van der Waals surface area contributed by atoms with Crippen molar-refractivity contribution in [2.24, 2.45) is 0 Å². The van der Waals surface area contributed by atoms with Gasteiger partial charge in [-0.05, 0) is 30.3 Å². The molecule has 0 saturated heterocycles. The van der Waals surface area contributed by atoms with Crippen LogP contribution in [0.2, 0.25) is 5.02 Å². The second-order valence-corrected chi connectivity index (χ2v) is 7.85. The van der Waals surface area contributed by atoms with Crippen molar-refractivity contribution in [1.29, 1.82) is 0 Å². The summed E-state index contributed by atoms with van der Waals surface area (Å²) in [6, 6.07) is 14.9. The van der Waals surface area contributed by atoms with Gasteiger partial charge in [0, 0.05) is 27.3 Å². The zero-order valence-corrected chi connectivity index (χ0v) is 17.4. The van der Waals surface area contributed by atoms with Gasteiger partial charge in [-0.1, -0.05) is 63.6 Å². The standard InChI is InChI=1S/C19H16BrClN4OS/c1-2-10-25-18(13-6-8-14(20)9-7-13)23-24-19(25)27-12-17(26)22-16-5-3-4-15(21)11-16/h2-9,11H,1,10,12H2,(H,22,26). The Morgan fingerprint density at radius 1 is 1.26 bits per heavy atom. The lowest BCUT2D eigenvalue weighted by molar-refractivity contribution is -0.113. The van der Waals surface area contributed by atoms with Crippen LogP contribution in [-0.4, -0.2) is 26.4 Å². The van der Waals surface area contributed by atoms with Gasteiger partial charge in [0.25, 0.3) is 0 Å². The number of thioether (sulfide) groups is 1. The van der Waals surface area contributed by atoms with Gasteiger partial charge < -0.3 is 5.32 Å². The Labute approximate surface area is 175 Å². The predicted octanol–water partition coefficient (Wildman–Crippen LogP) is 5.28. The lowest BCUT2D eigenvalue weighted by Crippen LogP contribution is -2.14. The molecule has 0 atom stereocenters. The van der Waals surface area contributed by atoms with Gasteiger partial charge in [0.2, 0.25) is 5.91 Å². The third kappa shape index (κ3) is 5.22. The third-order valence-corrected chi connectivity index (χ3v) is 5.30. The molecule has 1 heterocycles. The number of benzene rings is 2. The van der Waals surface area contributed by atoms with E-state index in [1.165, 1.54) is 11.8 Å². The molecule has 0 fully saturated rings. The van der Waals surface area contributed by atoms with Gasteiger partial charge in [-0.15, -0.1) is 16.8 Å². The molecule has 0 aliphatic heterocycles. The summed E-state index contributed by atoms with van der Waals surface area (Å²) in [5.41, 5.74) is 1.61. The van der Waals surface area contributed by atoms with E-state index >= 15 is 0 Å². The Balaban J connectivity index is 1.72. The van der Waals surface area contributed by atoms with Crippen LogP contribution >= 0.6 is 39.3 Å². The number of allylic oxidation sites excluding steroid dienone is 1. The third-order valence-electron chi connectivity index (χ3n) is 3.57. The topological polar surface area (TPSA) is 59.8 Å². The van der Waals surface area contributed by atoms with E-state index in [1.807, 2.05) is 28.8 Å². The Morgan fingerprint density at radius 3 is 2.74 bits per heavy atom. The number of halogens is 2. The lowest BCUT2D eigenvalue weighted by Gasteiger charge is -2.08. The summed E-state index contributed by atoms with van der Waals surface area (Å²) >= 11 is 10.7. The van der Waals surface area contributed by atoms with Crippen molar-refractivity contribution >= 4 is 50.9 Å². The number of anilines is 1. The smallest absolute Gasteiger partial charge is 0.234 e. The number of hydrogen-bond acceptors (Lipinski definition) is 4. The SMILES string of the molecule is C=CCn1c(SCC(=O)Nc2cccc(Cl)c2)nnc1-c1ccc(Br)cc1. The average Bonchev–Trinajstić information content (AvgIpc) is 3.04. The molecule has 138 valence electrons. The number of aromatic nitrogens is 3. The number of carbonyl (C=O) groups is 1.